The number of H-pyrrole nitrogens is 1. The molecule has 1 aromatic heterocycles. The third-order valence-corrected chi connectivity index (χ3v) is 4.02. The number of rotatable bonds is 6. The number of nitrogens with one attached hydrogen (secondary N) is 1. The van der Waals surface area contributed by atoms with Crippen LogP contribution < -0.4 is 4.52 Å². The van der Waals surface area contributed by atoms with Crippen LogP contribution in [0.4, 0.5) is 0 Å². The van der Waals surface area contributed by atoms with Crippen LogP contribution in [0, 0.1) is 0 Å². The molecule has 0 amide bonds. The predicted octanol–water partition coefficient (Wildman–Crippen LogP) is 2.52. The van der Waals surface area contributed by atoms with Crippen LogP contribution in [0.5, 0.6) is 5.75 Å². The molecule has 1 heterocycles. The van der Waals surface area contributed by atoms with Crippen molar-refractivity contribution in [2.24, 2.45) is 0 Å². The number of likely N-dealkylation sites (N-methyl/N-ethyl adjacent to an activating group) is 1. The Hall–Kier alpha value is -1.33. The van der Waals surface area contributed by atoms with E-state index >= 15 is 0 Å². The molecule has 21 heavy (non-hydrogen) atoms. The Bertz CT molecular complexity index is 662. The van der Waals surface area contributed by atoms with Gasteiger partial charge >= 0.3 is 7.82 Å². The summed E-state index contributed by atoms with van der Waals surface area (Å²) >= 11 is 0. The van der Waals surface area contributed by atoms with Crippen LogP contribution >= 0.6 is 7.82 Å². The lowest BCUT2D eigenvalue weighted by Gasteiger charge is -2.20. The van der Waals surface area contributed by atoms with Crippen LogP contribution in [-0.4, -0.2) is 39.3 Å². The molecular formula is C14H21N2O4P. The Kier molecular flexibility index (Phi) is 4.74. The smallest absolute Gasteiger partial charge is 0.404 e. The molecule has 0 spiro atoms. The van der Waals surface area contributed by atoms with Gasteiger partial charge in [-0.3, -0.25) is 9.79 Å². The molecular weight excluding hydrogens is 291 g/mol. The van der Waals surface area contributed by atoms with Crippen molar-refractivity contribution in [1.82, 2.24) is 9.88 Å². The molecule has 0 aliphatic heterocycles. The van der Waals surface area contributed by atoms with Gasteiger partial charge in [0.2, 0.25) is 0 Å². The van der Waals surface area contributed by atoms with E-state index in [0.29, 0.717) is 6.04 Å². The summed E-state index contributed by atoms with van der Waals surface area (Å²) in [6.45, 7) is 5.10. The Morgan fingerprint density at radius 3 is 2.71 bits per heavy atom. The van der Waals surface area contributed by atoms with Gasteiger partial charge in [0.25, 0.3) is 0 Å². The van der Waals surface area contributed by atoms with Crippen LogP contribution in [0.3, 0.4) is 0 Å². The second-order valence-electron chi connectivity index (χ2n) is 5.40. The summed E-state index contributed by atoms with van der Waals surface area (Å²) in [6, 6.07) is 5.58. The van der Waals surface area contributed by atoms with Crippen LogP contribution in [0.2, 0.25) is 0 Å². The standard InChI is InChI=1S/C14H21N2O4P/c1-10(2)16(3)8-7-11-9-15-12-5-4-6-13(14(11)12)20-21(17,18)19/h4-6,9-10,15H,7-8H2,1-3H3,(H2,17,18,19). The number of aromatic nitrogens is 1. The molecule has 116 valence electrons. The molecule has 2 rings (SSSR count). The molecule has 0 fully saturated rings. The molecule has 0 saturated carbocycles. The summed E-state index contributed by atoms with van der Waals surface area (Å²) in [5.74, 6) is 0.212. The fourth-order valence-electron chi connectivity index (χ4n) is 2.18. The third-order valence-electron chi connectivity index (χ3n) is 3.58. The highest BCUT2D eigenvalue weighted by Gasteiger charge is 2.19. The molecule has 0 saturated heterocycles. The van der Waals surface area contributed by atoms with Crippen LogP contribution in [0.15, 0.2) is 24.4 Å². The Morgan fingerprint density at radius 1 is 1.38 bits per heavy atom. The van der Waals surface area contributed by atoms with Gasteiger partial charge in [-0.05, 0) is 45.0 Å². The highest BCUT2D eigenvalue weighted by atomic mass is 31.2. The van der Waals surface area contributed by atoms with Crippen molar-refractivity contribution in [3.63, 3.8) is 0 Å². The molecule has 2 aromatic rings. The number of benzene rings is 1. The quantitative estimate of drug-likeness (QED) is 0.714. The second-order valence-corrected chi connectivity index (χ2v) is 6.56. The van der Waals surface area contributed by atoms with E-state index in [9.17, 15) is 4.57 Å². The van der Waals surface area contributed by atoms with Gasteiger partial charge in [-0.2, -0.15) is 0 Å². The van der Waals surface area contributed by atoms with Gasteiger partial charge in [0.1, 0.15) is 5.75 Å². The van der Waals surface area contributed by atoms with Crippen LogP contribution in [-0.2, 0) is 11.0 Å². The summed E-state index contributed by atoms with van der Waals surface area (Å²) in [6.07, 6.45) is 2.64. The zero-order valence-corrected chi connectivity index (χ0v) is 13.3. The summed E-state index contributed by atoms with van der Waals surface area (Å²) in [4.78, 5) is 23.4. The number of phosphoric ester groups is 1. The Balaban J connectivity index is 2.30. The average Bonchev–Trinajstić information content (AvgIpc) is 2.78. The van der Waals surface area contributed by atoms with E-state index in [2.05, 4.69) is 23.7 Å². The van der Waals surface area contributed by atoms with Crippen molar-refractivity contribution >= 4 is 18.7 Å². The van der Waals surface area contributed by atoms with E-state index in [4.69, 9.17) is 14.3 Å². The number of hydrogen-bond donors (Lipinski definition) is 3. The summed E-state index contributed by atoms with van der Waals surface area (Å²) < 4.78 is 15.9. The van der Waals surface area contributed by atoms with Crippen molar-refractivity contribution in [1.29, 1.82) is 0 Å². The van der Waals surface area contributed by atoms with Gasteiger partial charge in [0.05, 0.1) is 0 Å². The summed E-state index contributed by atoms with van der Waals surface area (Å²) in [5, 5.41) is 0.734. The molecule has 1 aromatic carbocycles. The molecule has 0 unspecified atom stereocenters. The monoisotopic (exact) mass is 312 g/mol. The van der Waals surface area contributed by atoms with Crippen molar-refractivity contribution in [2.75, 3.05) is 13.6 Å². The number of hydrogen-bond acceptors (Lipinski definition) is 3. The first-order chi connectivity index (χ1) is 9.78. The molecule has 3 N–H and O–H groups in total. The molecule has 7 heteroatoms. The van der Waals surface area contributed by atoms with E-state index in [-0.39, 0.29) is 5.75 Å². The van der Waals surface area contributed by atoms with E-state index < -0.39 is 7.82 Å². The van der Waals surface area contributed by atoms with Gasteiger partial charge in [-0.15, -0.1) is 0 Å². The highest BCUT2D eigenvalue weighted by Crippen LogP contribution is 2.41. The molecule has 0 aliphatic rings. The minimum absolute atomic E-state index is 0.212. The van der Waals surface area contributed by atoms with E-state index in [1.165, 1.54) is 0 Å². The lowest BCUT2D eigenvalue weighted by Crippen LogP contribution is -2.28. The van der Waals surface area contributed by atoms with E-state index in [1.807, 2.05) is 19.3 Å². The minimum atomic E-state index is -4.57. The summed E-state index contributed by atoms with van der Waals surface area (Å²) in [5.41, 5.74) is 1.80. The maximum atomic E-state index is 11.1. The van der Waals surface area contributed by atoms with Crippen LogP contribution in [0.1, 0.15) is 19.4 Å². The van der Waals surface area contributed by atoms with Crippen molar-refractivity contribution in [3.05, 3.63) is 30.0 Å². The molecule has 0 bridgehead atoms. The lowest BCUT2D eigenvalue weighted by molar-refractivity contribution is 0.277. The molecule has 0 aliphatic carbocycles. The van der Waals surface area contributed by atoms with Gasteiger partial charge in [0, 0.05) is 29.7 Å². The maximum absolute atomic E-state index is 11.1. The molecule has 0 radical (unpaired) electrons. The fraction of sp³-hybridized carbons (Fsp3) is 0.429. The van der Waals surface area contributed by atoms with E-state index in [1.54, 1.807) is 12.1 Å². The molecule has 0 atom stereocenters. The van der Waals surface area contributed by atoms with Crippen LogP contribution in [0.25, 0.3) is 10.9 Å². The second kappa shape index (κ2) is 6.20. The van der Waals surface area contributed by atoms with Gasteiger partial charge in [-0.1, -0.05) is 6.07 Å². The van der Waals surface area contributed by atoms with Gasteiger partial charge < -0.3 is 14.4 Å². The zero-order chi connectivity index (χ0) is 15.6. The summed E-state index contributed by atoms with van der Waals surface area (Å²) in [7, 11) is -2.52. The molecule has 6 nitrogen and oxygen atoms in total. The van der Waals surface area contributed by atoms with E-state index in [0.717, 1.165) is 29.4 Å². The van der Waals surface area contributed by atoms with Gasteiger partial charge in [-0.25, -0.2) is 4.57 Å². The Morgan fingerprint density at radius 2 is 2.10 bits per heavy atom. The third kappa shape index (κ3) is 4.08. The average molecular weight is 312 g/mol. The SMILES string of the molecule is CC(C)N(C)CCc1c[nH]c2cccc(OP(=O)(O)O)c12. The highest BCUT2D eigenvalue weighted by molar-refractivity contribution is 7.46. The predicted molar refractivity (Wildman–Crippen MR) is 82.4 cm³/mol. The first-order valence-electron chi connectivity index (χ1n) is 6.82. The number of nitrogens with zero attached hydrogens (tertiary/aromatic N) is 1. The largest absolute Gasteiger partial charge is 0.524 e. The zero-order valence-electron chi connectivity index (χ0n) is 12.4. The fourth-order valence-corrected chi connectivity index (χ4v) is 2.58. The lowest BCUT2D eigenvalue weighted by atomic mass is 10.1. The first-order valence-corrected chi connectivity index (χ1v) is 8.35. The Labute approximate surface area is 124 Å². The number of aromatic amines is 1. The number of fused-ring (bicyclic) bond motifs is 1. The van der Waals surface area contributed by atoms with Crippen molar-refractivity contribution in [2.45, 2.75) is 26.3 Å². The minimum Gasteiger partial charge on any atom is -0.404 e. The van der Waals surface area contributed by atoms with Gasteiger partial charge in [0.15, 0.2) is 0 Å². The number of phosphoric acid groups is 1. The topological polar surface area (TPSA) is 85.8 Å². The van der Waals surface area contributed by atoms with Crippen molar-refractivity contribution in [3.8, 4) is 5.75 Å². The van der Waals surface area contributed by atoms with Crippen molar-refractivity contribution < 1.29 is 18.9 Å². The maximum Gasteiger partial charge on any atom is 0.524 e. The normalized spacial score (nSPS) is 12.5. The first kappa shape index (κ1) is 16.0.